The summed E-state index contributed by atoms with van der Waals surface area (Å²) in [5, 5.41) is 2.17. The standard InChI is InChI=1S/C11H9F2NO2S2/c12-11(13)10(14-8-17)7-18(15,16)6-9-4-2-1-3-5-9/h1-5,7,11H,6H2. The second-order valence-electron chi connectivity index (χ2n) is 3.34. The molecular formula is C11H9F2NO2S2. The quantitative estimate of drug-likeness (QED) is 0.618. The number of aliphatic imine (C=N–C) groups is 1. The molecule has 96 valence electrons. The molecular weight excluding hydrogens is 280 g/mol. The van der Waals surface area contributed by atoms with Crippen molar-refractivity contribution < 1.29 is 17.2 Å². The molecule has 0 N–H and O–H groups in total. The third-order valence-corrected chi connectivity index (χ3v) is 3.34. The second-order valence-corrected chi connectivity index (χ2v) is 5.37. The molecule has 0 aliphatic heterocycles. The van der Waals surface area contributed by atoms with Gasteiger partial charge in [-0.25, -0.2) is 17.2 Å². The molecule has 0 fully saturated rings. The van der Waals surface area contributed by atoms with E-state index in [-0.39, 0.29) is 5.75 Å². The zero-order valence-corrected chi connectivity index (χ0v) is 10.7. The van der Waals surface area contributed by atoms with E-state index in [9.17, 15) is 17.2 Å². The van der Waals surface area contributed by atoms with Gasteiger partial charge in [-0.05, 0) is 17.8 Å². The summed E-state index contributed by atoms with van der Waals surface area (Å²) >= 11 is 4.18. The Balaban J connectivity index is 3.00. The lowest BCUT2D eigenvalue weighted by atomic mass is 10.2. The van der Waals surface area contributed by atoms with Gasteiger partial charge in [0, 0.05) is 0 Å². The van der Waals surface area contributed by atoms with Gasteiger partial charge in [-0.3, -0.25) is 0 Å². The summed E-state index contributed by atoms with van der Waals surface area (Å²) in [6.45, 7) is 0. The summed E-state index contributed by atoms with van der Waals surface area (Å²) in [5.41, 5.74) is -0.394. The van der Waals surface area contributed by atoms with Crippen molar-refractivity contribution in [3.63, 3.8) is 0 Å². The van der Waals surface area contributed by atoms with Gasteiger partial charge >= 0.3 is 0 Å². The summed E-state index contributed by atoms with van der Waals surface area (Å²) in [7, 11) is -3.82. The van der Waals surface area contributed by atoms with Gasteiger partial charge in [-0.1, -0.05) is 30.3 Å². The summed E-state index contributed by atoms with van der Waals surface area (Å²) in [6.07, 6.45) is -3.01. The minimum atomic E-state index is -3.82. The topological polar surface area (TPSA) is 46.5 Å². The molecule has 0 aliphatic carbocycles. The SMILES string of the molecule is O=S(=O)(C=C(N=C=S)C(F)F)Cc1ccccc1. The van der Waals surface area contributed by atoms with Gasteiger partial charge in [0.05, 0.1) is 16.3 Å². The maximum absolute atomic E-state index is 12.4. The van der Waals surface area contributed by atoms with Gasteiger partial charge in [-0.2, -0.15) is 4.99 Å². The fourth-order valence-corrected chi connectivity index (χ4v) is 2.58. The lowest BCUT2D eigenvalue weighted by Gasteiger charge is -2.01. The van der Waals surface area contributed by atoms with Gasteiger partial charge in [0.15, 0.2) is 9.84 Å². The zero-order valence-electron chi connectivity index (χ0n) is 9.08. The summed E-state index contributed by atoms with van der Waals surface area (Å²) in [5.74, 6) is -0.364. The number of hydrogen-bond donors (Lipinski definition) is 0. The monoisotopic (exact) mass is 289 g/mol. The van der Waals surface area contributed by atoms with E-state index in [1.54, 1.807) is 35.5 Å². The molecule has 0 amide bonds. The molecule has 0 heterocycles. The van der Waals surface area contributed by atoms with Crippen LogP contribution in [0.3, 0.4) is 0 Å². The molecule has 0 radical (unpaired) electrons. The summed E-state index contributed by atoms with van der Waals surface area (Å²) < 4.78 is 48.2. The molecule has 0 unspecified atom stereocenters. The van der Waals surface area contributed by atoms with Crippen LogP contribution in [0.25, 0.3) is 0 Å². The van der Waals surface area contributed by atoms with E-state index in [1.807, 2.05) is 0 Å². The molecule has 1 rings (SSSR count). The van der Waals surface area contributed by atoms with Crippen LogP contribution < -0.4 is 0 Å². The molecule has 1 aromatic rings. The van der Waals surface area contributed by atoms with Gasteiger partial charge in [0.2, 0.25) is 0 Å². The van der Waals surface area contributed by atoms with Crippen molar-refractivity contribution in [2.75, 3.05) is 0 Å². The van der Waals surface area contributed by atoms with Crippen LogP contribution in [-0.4, -0.2) is 20.0 Å². The number of benzene rings is 1. The summed E-state index contributed by atoms with van der Waals surface area (Å²) in [6, 6.07) is 8.24. The third kappa shape index (κ3) is 4.83. The van der Waals surface area contributed by atoms with Crippen molar-refractivity contribution in [1.29, 1.82) is 0 Å². The van der Waals surface area contributed by atoms with Crippen molar-refractivity contribution in [3.05, 3.63) is 47.0 Å². The van der Waals surface area contributed by atoms with Gasteiger partial charge in [-0.15, -0.1) is 0 Å². The normalized spacial score (nSPS) is 12.3. The van der Waals surface area contributed by atoms with Gasteiger partial charge in [0.25, 0.3) is 6.43 Å². The molecule has 7 heteroatoms. The first-order valence-corrected chi connectivity index (χ1v) is 6.91. The fourth-order valence-electron chi connectivity index (χ4n) is 1.21. The Kier molecular flexibility index (Phi) is 5.27. The Hall–Kier alpha value is -1.43. The number of sulfone groups is 1. The average molecular weight is 289 g/mol. The highest BCUT2D eigenvalue weighted by Gasteiger charge is 2.16. The minimum absolute atomic E-state index is 0.364. The van der Waals surface area contributed by atoms with E-state index >= 15 is 0 Å². The highest BCUT2D eigenvalue weighted by molar-refractivity contribution is 7.93. The van der Waals surface area contributed by atoms with Crippen LogP contribution in [0.5, 0.6) is 0 Å². The summed E-state index contributed by atoms with van der Waals surface area (Å²) in [4.78, 5) is 3.05. The first-order chi connectivity index (χ1) is 8.44. The predicted molar refractivity (Wildman–Crippen MR) is 68.2 cm³/mol. The van der Waals surface area contributed by atoms with E-state index in [0.29, 0.717) is 11.0 Å². The molecule has 1 aromatic carbocycles. The highest BCUT2D eigenvalue weighted by Crippen LogP contribution is 2.15. The van der Waals surface area contributed by atoms with Crippen molar-refractivity contribution in [2.24, 2.45) is 4.99 Å². The number of isothiocyanates is 1. The van der Waals surface area contributed by atoms with Crippen LogP contribution in [0.15, 0.2) is 46.4 Å². The molecule has 0 saturated heterocycles. The molecule has 18 heavy (non-hydrogen) atoms. The first-order valence-electron chi connectivity index (χ1n) is 4.79. The number of alkyl halides is 2. The van der Waals surface area contributed by atoms with Crippen molar-refractivity contribution >= 4 is 27.2 Å². The largest absolute Gasteiger partial charge is 0.281 e. The highest BCUT2D eigenvalue weighted by atomic mass is 32.2. The number of halogens is 2. The van der Waals surface area contributed by atoms with E-state index in [4.69, 9.17) is 0 Å². The molecule has 0 saturated carbocycles. The Morgan fingerprint density at radius 3 is 2.50 bits per heavy atom. The smallest absolute Gasteiger partial charge is 0.224 e. The van der Waals surface area contributed by atoms with Crippen LogP contribution in [-0.2, 0) is 15.6 Å². The lowest BCUT2D eigenvalue weighted by Crippen LogP contribution is -2.04. The second kappa shape index (κ2) is 6.49. The van der Waals surface area contributed by atoms with Crippen molar-refractivity contribution in [2.45, 2.75) is 12.2 Å². The molecule has 0 aromatic heterocycles. The molecule has 0 aliphatic rings. The first kappa shape index (κ1) is 14.6. The van der Waals surface area contributed by atoms with Crippen LogP contribution in [0.4, 0.5) is 8.78 Å². The van der Waals surface area contributed by atoms with E-state index in [1.165, 1.54) is 0 Å². The van der Waals surface area contributed by atoms with E-state index in [2.05, 4.69) is 17.2 Å². The van der Waals surface area contributed by atoms with E-state index in [0.717, 1.165) is 0 Å². The van der Waals surface area contributed by atoms with Crippen LogP contribution in [0.2, 0.25) is 0 Å². The van der Waals surface area contributed by atoms with E-state index < -0.39 is 22.0 Å². The Morgan fingerprint density at radius 1 is 1.39 bits per heavy atom. The molecule has 3 nitrogen and oxygen atoms in total. The maximum atomic E-state index is 12.4. The fraction of sp³-hybridized carbons (Fsp3) is 0.182. The van der Waals surface area contributed by atoms with Gasteiger partial charge < -0.3 is 0 Å². The molecule has 0 spiro atoms. The van der Waals surface area contributed by atoms with Crippen LogP contribution in [0, 0.1) is 0 Å². The number of allylic oxidation sites excluding steroid dienone is 1. The Bertz CT molecular complexity index is 576. The molecule has 0 atom stereocenters. The van der Waals surface area contributed by atoms with Crippen molar-refractivity contribution in [1.82, 2.24) is 0 Å². The lowest BCUT2D eigenvalue weighted by molar-refractivity contribution is 0.188. The third-order valence-electron chi connectivity index (χ3n) is 1.91. The van der Waals surface area contributed by atoms with Crippen LogP contribution >= 0.6 is 12.2 Å². The molecule has 0 bridgehead atoms. The number of nitrogens with zero attached hydrogens (tertiary/aromatic N) is 1. The number of thiocarbonyl (C=S) groups is 1. The van der Waals surface area contributed by atoms with Crippen LogP contribution in [0.1, 0.15) is 5.56 Å². The Morgan fingerprint density at radius 2 is 2.00 bits per heavy atom. The number of hydrogen-bond acceptors (Lipinski definition) is 4. The minimum Gasteiger partial charge on any atom is -0.224 e. The zero-order chi connectivity index (χ0) is 13.6. The Labute approximate surface area is 109 Å². The van der Waals surface area contributed by atoms with Gasteiger partial charge in [0.1, 0.15) is 5.70 Å². The average Bonchev–Trinajstić information content (AvgIpc) is 2.28. The maximum Gasteiger partial charge on any atom is 0.281 e. The predicted octanol–water partition coefficient (Wildman–Crippen LogP) is 2.81. The van der Waals surface area contributed by atoms with Crippen molar-refractivity contribution in [3.8, 4) is 0 Å². The number of rotatable bonds is 5.